The quantitative estimate of drug-likeness (QED) is 0.620. The molecule has 4 nitrogen and oxygen atoms in total. The van der Waals surface area contributed by atoms with E-state index in [1.807, 2.05) is 0 Å². The van der Waals surface area contributed by atoms with E-state index in [1.165, 1.54) is 6.42 Å². The summed E-state index contributed by atoms with van der Waals surface area (Å²) in [5.74, 6) is 0.396. The third-order valence-corrected chi connectivity index (χ3v) is 3.24. The molecular formula is C10H18N2O2. The average molecular weight is 198 g/mol. The first kappa shape index (κ1) is 9.93. The van der Waals surface area contributed by atoms with Gasteiger partial charge in [-0.1, -0.05) is 0 Å². The van der Waals surface area contributed by atoms with Crippen LogP contribution in [0.2, 0.25) is 0 Å². The minimum atomic E-state index is 0.196. The van der Waals surface area contributed by atoms with Gasteiger partial charge in [-0.25, -0.2) is 0 Å². The molecule has 0 aliphatic carbocycles. The van der Waals surface area contributed by atoms with Crippen LogP contribution >= 0.6 is 0 Å². The monoisotopic (exact) mass is 198 g/mol. The van der Waals surface area contributed by atoms with Crippen LogP contribution in [0.1, 0.15) is 19.3 Å². The first-order valence-electron chi connectivity index (χ1n) is 5.34. The van der Waals surface area contributed by atoms with E-state index < -0.39 is 0 Å². The van der Waals surface area contributed by atoms with E-state index in [4.69, 9.17) is 4.74 Å². The molecule has 2 bridgehead atoms. The van der Waals surface area contributed by atoms with Crippen molar-refractivity contribution in [2.24, 2.45) is 5.92 Å². The van der Waals surface area contributed by atoms with Crippen molar-refractivity contribution in [3.8, 4) is 0 Å². The van der Waals surface area contributed by atoms with Gasteiger partial charge in [0.25, 0.3) is 0 Å². The number of hydrogen-bond donors (Lipinski definition) is 2. The second-order valence-corrected chi connectivity index (χ2v) is 4.17. The zero-order valence-corrected chi connectivity index (χ0v) is 8.58. The number of amides is 1. The van der Waals surface area contributed by atoms with Crippen molar-refractivity contribution in [3.63, 3.8) is 0 Å². The van der Waals surface area contributed by atoms with Gasteiger partial charge in [-0.15, -0.1) is 0 Å². The maximum atomic E-state index is 11.7. The van der Waals surface area contributed by atoms with Gasteiger partial charge in [-0.2, -0.15) is 0 Å². The number of carbonyl (C=O) groups is 1. The lowest BCUT2D eigenvalue weighted by molar-refractivity contribution is -0.125. The third kappa shape index (κ3) is 1.91. The highest BCUT2D eigenvalue weighted by Gasteiger charge is 2.42. The molecule has 4 heteroatoms. The second-order valence-electron chi connectivity index (χ2n) is 4.17. The summed E-state index contributed by atoms with van der Waals surface area (Å²) in [6, 6.07) is 1.03. The SMILES string of the molecule is COCCNC(=O)C1CC2CCC1N2. The summed E-state index contributed by atoms with van der Waals surface area (Å²) >= 11 is 0. The fourth-order valence-electron chi connectivity index (χ4n) is 2.52. The Labute approximate surface area is 84.4 Å². The standard InChI is InChI=1S/C10H18N2O2/c1-14-5-4-11-10(13)8-6-7-2-3-9(8)12-7/h7-9,12H,2-6H2,1H3,(H,11,13). The summed E-state index contributed by atoms with van der Waals surface area (Å²) in [7, 11) is 1.64. The van der Waals surface area contributed by atoms with Crippen molar-refractivity contribution in [1.29, 1.82) is 0 Å². The van der Waals surface area contributed by atoms with Crippen LogP contribution in [0.5, 0.6) is 0 Å². The van der Waals surface area contributed by atoms with Crippen LogP contribution in [0.3, 0.4) is 0 Å². The van der Waals surface area contributed by atoms with Gasteiger partial charge in [-0.3, -0.25) is 4.79 Å². The van der Waals surface area contributed by atoms with Crippen LogP contribution in [-0.2, 0) is 9.53 Å². The zero-order chi connectivity index (χ0) is 9.97. The zero-order valence-electron chi connectivity index (χ0n) is 8.58. The van der Waals surface area contributed by atoms with Crippen LogP contribution in [-0.4, -0.2) is 38.3 Å². The molecule has 2 rings (SSSR count). The molecule has 0 radical (unpaired) electrons. The number of fused-ring (bicyclic) bond motifs is 2. The molecule has 2 aliphatic rings. The first-order chi connectivity index (χ1) is 6.81. The number of hydrogen-bond acceptors (Lipinski definition) is 3. The van der Waals surface area contributed by atoms with Crippen molar-refractivity contribution in [3.05, 3.63) is 0 Å². The van der Waals surface area contributed by atoms with E-state index >= 15 is 0 Å². The number of ether oxygens (including phenoxy) is 1. The minimum Gasteiger partial charge on any atom is -0.383 e. The number of rotatable bonds is 4. The van der Waals surface area contributed by atoms with Gasteiger partial charge < -0.3 is 15.4 Å². The molecule has 0 aromatic heterocycles. The lowest BCUT2D eigenvalue weighted by Crippen LogP contribution is -2.38. The number of nitrogens with one attached hydrogen (secondary N) is 2. The van der Waals surface area contributed by atoms with Gasteiger partial charge in [0.05, 0.1) is 12.5 Å². The molecule has 14 heavy (non-hydrogen) atoms. The fraction of sp³-hybridized carbons (Fsp3) is 0.900. The summed E-state index contributed by atoms with van der Waals surface area (Å²) in [4.78, 5) is 11.7. The van der Waals surface area contributed by atoms with E-state index in [0.29, 0.717) is 25.2 Å². The largest absolute Gasteiger partial charge is 0.383 e. The number of carbonyl (C=O) groups excluding carboxylic acids is 1. The predicted molar refractivity (Wildman–Crippen MR) is 52.9 cm³/mol. The summed E-state index contributed by atoms with van der Waals surface area (Å²) in [6.07, 6.45) is 3.42. The minimum absolute atomic E-state index is 0.196. The van der Waals surface area contributed by atoms with E-state index in [2.05, 4.69) is 10.6 Å². The summed E-state index contributed by atoms with van der Waals surface area (Å²) in [6.45, 7) is 1.23. The number of methoxy groups -OCH3 is 1. The van der Waals surface area contributed by atoms with Crippen LogP contribution in [0, 0.1) is 5.92 Å². The van der Waals surface area contributed by atoms with Crippen molar-refractivity contribution in [2.45, 2.75) is 31.3 Å². The highest BCUT2D eigenvalue weighted by atomic mass is 16.5. The van der Waals surface area contributed by atoms with Crippen molar-refractivity contribution in [2.75, 3.05) is 20.3 Å². The van der Waals surface area contributed by atoms with Gasteiger partial charge in [0.2, 0.25) is 5.91 Å². The van der Waals surface area contributed by atoms with Crippen molar-refractivity contribution in [1.82, 2.24) is 10.6 Å². The van der Waals surface area contributed by atoms with E-state index in [9.17, 15) is 4.79 Å². The van der Waals surface area contributed by atoms with Crippen LogP contribution in [0.25, 0.3) is 0 Å². The normalized spacial score (nSPS) is 34.8. The first-order valence-corrected chi connectivity index (χ1v) is 5.34. The molecule has 0 saturated carbocycles. The van der Waals surface area contributed by atoms with Gasteiger partial charge >= 0.3 is 0 Å². The van der Waals surface area contributed by atoms with Gasteiger partial charge in [0.1, 0.15) is 0 Å². The highest BCUT2D eigenvalue weighted by molar-refractivity contribution is 5.80. The Morgan fingerprint density at radius 1 is 1.57 bits per heavy atom. The molecule has 1 amide bonds. The Morgan fingerprint density at radius 2 is 2.43 bits per heavy atom. The topological polar surface area (TPSA) is 50.4 Å². The Hall–Kier alpha value is -0.610. The summed E-state index contributed by atoms with van der Waals surface area (Å²) in [5, 5.41) is 6.36. The van der Waals surface area contributed by atoms with Crippen molar-refractivity contribution < 1.29 is 9.53 Å². The Morgan fingerprint density at radius 3 is 3.00 bits per heavy atom. The maximum Gasteiger partial charge on any atom is 0.224 e. The predicted octanol–water partition coefficient (Wildman–Crippen LogP) is -0.110. The molecule has 2 heterocycles. The summed E-state index contributed by atoms with van der Waals surface area (Å²) in [5.41, 5.74) is 0. The van der Waals surface area contributed by atoms with Gasteiger partial charge in [0.15, 0.2) is 0 Å². The van der Waals surface area contributed by atoms with Crippen LogP contribution in [0.4, 0.5) is 0 Å². The molecule has 80 valence electrons. The molecule has 3 atom stereocenters. The molecule has 0 aromatic rings. The lowest BCUT2D eigenvalue weighted by atomic mass is 9.88. The van der Waals surface area contributed by atoms with E-state index in [0.717, 1.165) is 12.8 Å². The molecule has 0 aromatic carbocycles. The van der Waals surface area contributed by atoms with Crippen LogP contribution in [0.15, 0.2) is 0 Å². The smallest absolute Gasteiger partial charge is 0.224 e. The molecule has 2 aliphatic heterocycles. The molecule has 2 N–H and O–H groups in total. The van der Waals surface area contributed by atoms with Gasteiger partial charge in [0, 0.05) is 25.7 Å². The molecule has 2 fully saturated rings. The van der Waals surface area contributed by atoms with Crippen molar-refractivity contribution >= 4 is 5.91 Å². The molecular weight excluding hydrogens is 180 g/mol. The fourth-order valence-corrected chi connectivity index (χ4v) is 2.52. The highest BCUT2D eigenvalue weighted by Crippen LogP contribution is 2.33. The lowest BCUT2D eigenvalue weighted by Gasteiger charge is -2.19. The molecule has 0 spiro atoms. The molecule has 3 unspecified atom stereocenters. The summed E-state index contributed by atoms with van der Waals surface area (Å²) < 4.78 is 4.89. The van der Waals surface area contributed by atoms with E-state index in [1.54, 1.807) is 7.11 Å². The van der Waals surface area contributed by atoms with Crippen LogP contribution < -0.4 is 10.6 Å². The Balaban J connectivity index is 1.75. The Kier molecular flexibility index (Phi) is 3.03. The van der Waals surface area contributed by atoms with E-state index in [-0.39, 0.29) is 11.8 Å². The average Bonchev–Trinajstić information content (AvgIpc) is 2.79. The third-order valence-electron chi connectivity index (χ3n) is 3.24. The second kappa shape index (κ2) is 4.28. The molecule has 2 saturated heterocycles. The Bertz CT molecular complexity index is 220. The maximum absolute atomic E-state index is 11.7. The van der Waals surface area contributed by atoms with Gasteiger partial charge in [-0.05, 0) is 19.3 Å².